The molecule has 4 heteroatoms. The van der Waals surface area contributed by atoms with Crippen molar-refractivity contribution < 1.29 is 4.79 Å². The minimum absolute atomic E-state index is 0.0490. The molecule has 1 atom stereocenters. The number of carbonyl (C=O) groups is 1. The van der Waals surface area contributed by atoms with Crippen LogP contribution < -0.4 is 11.1 Å². The van der Waals surface area contributed by atoms with Crippen LogP contribution in [0.25, 0.3) is 0 Å². The molecule has 3 N–H and O–H groups in total. The first-order valence-electron chi connectivity index (χ1n) is 4.36. The van der Waals surface area contributed by atoms with Crippen LogP contribution >= 0.6 is 0 Å². The van der Waals surface area contributed by atoms with Crippen LogP contribution in [0.15, 0.2) is 12.7 Å². The van der Waals surface area contributed by atoms with E-state index in [0.29, 0.717) is 19.5 Å². The molecule has 1 unspecified atom stereocenters. The maximum atomic E-state index is 11.3. The van der Waals surface area contributed by atoms with Gasteiger partial charge in [0.2, 0.25) is 5.91 Å². The molecule has 13 heavy (non-hydrogen) atoms. The van der Waals surface area contributed by atoms with Gasteiger partial charge in [-0.2, -0.15) is 0 Å². The number of nitrogens with two attached hydrogens (primary N) is 1. The van der Waals surface area contributed by atoms with Gasteiger partial charge in [-0.15, -0.1) is 6.58 Å². The Bertz CT molecular complexity index is 168. The average Bonchev–Trinajstić information content (AvgIpc) is 2.11. The molecule has 0 aliphatic carbocycles. The van der Waals surface area contributed by atoms with Crippen LogP contribution in [0.3, 0.4) is 0 Å². The van der Waals surface area contributed by atoms with Gasteiger partial charge >= 0.3 is 0 Å². The zero-order chi connectivity index (χ0) is 10.3. The summed E-state index contributed by atoms with van der Waals surface area (Å²) in [4.78, 5) is 12.8. The Kier molecular flexibility index (Phi) is 6.18. The van der Waals surface area contributed by atoms with Gasteiger partial charge in [-0.1, -0.05) is 6.08 Å². The summed E-state index contributed by atoms with van der Waals surface area (Å²) in [6.07, 6.45) is 2.19. The lowest BCUT2D eigenvalue weighted by Gasteiger charge is -2.17. The van der Waals surface area contributed by atoms with Crippen molar-refractivity contribution in [3.63, 3.8) is 0 Å². The maximum Gasteiger partial charge on any atom is 0.223 e. The number of nitrogens with zero attached hydrogens (tertiary/aromatic N) is 1. The second-order valence-corrected chi connectivity index (χ2v) is 3.12. The summed E-state index contributed by atoms with van der Waals surface area (Å²) in [7, 11) is 3.48. The molecule has 0 bridgehead atoms. The number of hydrogen-bond donors (Lipinski definition) is 2. The second-order valence-electron chi connectivity index (χ2n) is 3.12. The van der Waals surface area contributed by atoms with E-state index in [0.717, 1.165) is 0 Å². The second kappa shape index (κ2) is 6.62. The number of rotatable bonds is 6. The van der Waals surface area contributed by atoms with E-state index >= 15 is 0 Å². The fraction of sp³-hybridized carbons (Fsp3) is 0.667. The zero-order valence-corrected chi connectivity index (χ0v) is 8.42. The molecule has 0 fully saturated rings. The van der Waals surface area contributed by atoms with Crippen molar-refractivity contribution in [2.24, 2.45) is 5.73 Å². The Morgan fingerprint density at radius 3 is 2.69 bits per heavy atom. The first-order valence-corrected chi connectivity index (χ1v) is 4.36. The highest BCUT2D eigenvalue weighted by Crippen LogP contribution is 1.93. The molecule has 0 saturated carbocycles. The van der Waals surface area contributed by atoms with E-state index in [1.54, 1.807) is 25.1 Å². The van der Waals surface area contributed by atoms with Crippen molar-refractivity contribution in [2.45, 2.75) is 12.5 Å². The smallest absolute Gasteiger partial charge is 0.223 e. The highest BCUT2D eigenvalue weighted by Gasteiger charge is 2.11. The predicted octanol–water partition coefficient (Wildman–Crippen LogP) is -0.432. The summed E-state index contributed by atoms with van der Waals surface area (Å²) >= 11 is 0. The lowest BCUT2D eigenvalue weighted by atomic mass is 10.2. The highest BCUT2D eigenvalue weighted by molar-refractivity contribution is 5.76. The van der Waals surface area contributed by atoms with Gasteiger partial charge in [0.25, 0.3) is 0 Å². The third-order valence-electron chi connectivity index (χ3n) is 1.76. The fourth-order valence-corrected chi connectivity index (χ4v) is 0.882. The lowest BCUT2D eigenvalue weighted by molar-refractivity contribution is -0.129. The largest absolute Gasteiger partial charge is 0.349 e. The standard InChI is InChI=1S/C9H19N3O/c1-4-5-11-8(7-10)6-9(13)12(2)3/h4,8,11H,1,5-7,10H2,2-3H3. The van der Waals surface area contributed by atoms with Gasteiger partial charge in [-0.25, -0.2) is 0 Å². The zero-order valence-electron chi connectivity index (χ0n) is 8.42. The topological polar surface area (TPSA) is 58.4 Å². The molecule has 0 aromatic rings. The van der Waals surface area contributed by atoms with Crippen LogP contribution in [-0.4, -0.2) is 44.0 Å². The van der Waals surface area contributed by atoms with E-state index in [1.165, 1.54) is 0 Å². The van der Waals surface area contributed by atoms with E-state index in [9.17, 15) is 4.79 Å². The minimum atomic E-state index is 0.0490. The normalized spacial score (nSPS) is 12.2. The first kappa shape index (κ1) is 12.1. The van der Waals surface area contributed by atoms with Gasteiger partial charge in [0.1, 0.15) is 0 Å². The van der Waals surface area contributed by atoms with Crippen molar-refractivity contribution in [2.75, 3.05) is 27.2 Å². The molecule has 0 saturated heterocycles. The Labute approximate surface area is 79.8 Å². The van der Waals surface area contributed by atoms with Crippen LogP contribution in [-0.2, 0) is 4.79 Å². The van der Waals surface area contributed by atoms with E-state index in [4.69, 9.17) is 5.73 Å². The van der Waals surface area contributed by atoms with Gasteiger partial charge in [-0.3, -0.25) is 4.79 Å². The molecule has 0 aromatic carbocycles. The number of carbonyl (C=O) groups excluding carboxylic acids is 1. The van der Waals surface area contributed by atoms with Crippen molar-refractivity contribution in [1.29, 1.82) is 0 Å². The van der Waals surface area contributed by atoms with E-state index in [-0.39, 0.29) is 11.9 Å². The van der Waals surface area contributed by atoms with Crippen molar-refractivity contribution in [3.05, 3.63) is 12.7 Å². The van der Waals surface area contributed by atoms with Crippen LogP contribution in [0.5, 0.6) is 0 Å². The molecular formula is C9H19N3O. The van der Waals surface area contributed by atoms with Crippen LogP contribution in [0, 0.1) is 0 Å². The van der Waals surface area contributed by atoms with Crippen molar-refractivity contribution in [1.82, 2.24) is 10.2 Å². The Hall–Kier alpha value is -0.870. The maximum absolute atomic E-state index is 11.3. The van der Waals surface area contributed by atoms with Gasteiger partial charge in [0.05, 0.1) is 0 Å². The Morgan fingerprint density at radius 2 is 2.31 bits per heavy atom. The number of hydrogen-bond acceptors (Lipinski definition) is 3. The summed E-state index contributed by atoms with van der Waals surface area (Å²) in [5.74, 6) is 0.0898. The molecule has 0 spiro atoms. The van der Waals surface area contributed by atoms with Gasteiger partial charge in [0, 0.05) is 39.6 Å². The third kappa shape index (κ3) is 5.38. The average molecular weight is 185 g/mol. The molecule has 0 aliphatic rings. The molecule has 0 aromatic heterocycles. The monoisotopic (exact) mass is 185 g/mol. The fourth-order valence-electron chi connectivity index (χ4n) is 0.882. The lowest BCUT2D eigenvalue weighted by Crippen LogP contribution is -2.40. The summed E-state index contributed by atoms with van der Waals surface area (Å²) < 4.78 is 0. The summed E-state index contributed by atoms with van der Waals surface area (Å²) in [5.41, 5.74) is 5.49. The minimum Gasteiger partial charge on any atom is -0.349 e. The number of amides is 1. The molecule has 1 amide bonds. The van der Waals surface area contributed by atoms with Crippen molar-refractivity contribution in [3.8, 4) is 0 Å². The quantitative estimate of drug-likeness (QED) is 0.552. The van der Waals surface area contributed by atoms with E-state index in [2.05, 4.69) is 11.9 Å². The molecule has 0 radical (unpaired) electrons. The van der Waals surface area contributed by atoms with Crippen LogP contribution in [0.2, 0.25) is 0 Å². The summed E-state index contributed by atoms with van der Waals surface area (Å²) in [6, 6.07) is 0.0490. The molecule has 76 valence electrons. The Balaban J connectivity index is 3.82. The number of nitrogens with one attached hydrogen (secondary N) is 1. The highest BCUT2D eigenvalue weighted by atomic mass is 16.2. The summed E-state index contributed by atoms with van der Waals surface area (Å²) in [6.45, 7) is 4.73. The van der Waals surface area contributed by atoms with Gasteiger partial charge in [-0.05, 0) is 0 Å². The SMILES string of the molecule is C=CCNC(CN)CC(=O)N(C)C. The predicted molar refractivity (Wildman–Crippen MR) is 54.4 cm³/mol. The van der Waals surface area contributed by atoms with E-state index in [1.807, 2.05) is 0 Å². The van der Waals surface area contributed by atoms with Gasteiger partial charge in [0.15, 0.2) is 0 Å². The summed E-state index contributed by atoms with van der Waals surface area (Å²) in [5, 5.41) is 3.11. The Morgan fingerprint density at radius 1 is 1.69 bits per heavy atom. The molecule has 0 heterocycles. The molecule has 4 nitrogen and oxygen atoms in total. The third-order valence-corrected chi connectivity index (χ3v) is 1.76. The molecule has 0 aliphatic heterocycles. The van der Waals surface area contributed by atoms with Crippen molar-refractivity contribution >= 4 is 5.91 Å². The molecular weight excluding hydrogens is 166 g/mol. The molecule has 0 rings (SSSR count). The van der Waals surface area contributed by atoms with Gasteiger partial charge < -0.3 is 16.0 Å². The van der Waals surface area contributed by atoms with Crippen LogP contribution in [0.1, 0.15) is 6.42 Å². The first-order chi connectivity index (χ1) is 6.11. The van der Waals surface area contributed by atoms with Crippen LogP contribution in [0.4, 0.5) is 0 Å². The van der Waals surface area contributed by atoms with E-state index < -0.39 is 0 Å².